The van der Waals surface area contributed by atoms with E-state index < -0.39 is 10.0 Å². The van der Waals surface area contributed by atoms with E-state index in [0.717, 1.165) is 45.4 Å². The molecular weight excluding hydrogens is 338 g/mol. The van der Waals surface area contributed by atoms with Crippen molar-refractivity contribution in [1.29, 1.82) is 0 Å². The van der Waals surface area contributed by atoms with Crippen LogP contribution in [0.1, 0.15) is 56.1 Å². The smallest absolute Gasteiger partial charge is 0.213 e. The predicted octanol–water partition coefficient (Wildman–Crippen LogP) is 1.47. The molecule has 0 radical (unpaired) electrons. The number of nitrogens with zero attached hydrogens (tertiary/aromatic N) is 5. The van der Waals surface area contributed by atoms with Crippen molar-refractivity contribution in [1.82, 2.24) is 24.0 Å². The second kappa shape index (κ2) is 8.14. The number of aryl methyl sites for hydroxylation is 1. The number of hydrogen-bond acceptors (Lipinski definition) is 5. The number of likely N-dealkylation sites (tertiary alicyclic amines) is 1. The molecule has 1 saturated heterocycles. The lowest BCUT2D eigenvalue weighted by molar-refractivity contribution is 0.208. The zero-order valence-corrected chi connectivity index (χ0v) is 16.3. The van der Waals surface area contributed by atoms with Crippen molar-refractivity contribution in [3.8, 4) is 0 Å². The van der Waals surface area contributed by atoms with Crippen molar-refractivity contribution in [2.45, 2.75) is 57.4 Å². The summed E-state index contributed by atoms with van der Waals surface area (Å²) in [6, 6.07) is 0. The Morgan fingerprint density at radius 3 is 2.56 bits per heavy atom. The van der Waals surface area contributed by atoms with Gasteiger partial charge in [0, 0.05) is 33.0 Å². The summed E-state index contributed by atoms with van der Waals surface area (Å²) in [6.45, 7) is 3.97. The van der Waals surface area contributed by atoms with Crippen LogP contribution in [0.15, 0.2) is 0 Å². The van der Waals surface area contributed by atoms with Gasteiger partial charge < -0.3 is 9.47 Å². The SMILES string of the molecule is CN(C)S(=O)(=O)CCCN1CCC(c2nnc3n2CCCCC3)CC1. The van der Waals surface area contributed by atoms with Crippen molar-refractivity contribution >= 4 is 10.0 Å². The van der Waals surface area contributed by atoms with Crippen LogP contribution in [-0.2, 0) is 23.0 Å². The fourth-order valence-electron chi connectivity index (χ4n) is 3.88. The Balaban J connectivity index is 1.49. The van der Waals surface area contributed by atoms with Crippen molar-refractivity contribution in [2.75, 3.05) is 39.5 Å². The average molecular weight is 370 g/mol. The number of piperidine rings is 1. The lowest BCUT2D eigenvalue weighted by Crippen LogP contribution is -2.36. The molecular formula is C17H31N5O2S. The highest BCUT2D eigenvalue weighted by Gasteiger charge is 2.26. The molecule has 0 aliphatic carbocycles. The lowest BCUT2D eigenvalue weighted by Gasteiger charge is -2.31. The average Bonchev–Trinajstić information content (AvgIpc) is 2.83. The highest BCUT2D eigenvalue weighted by Crippen LogP contribution is 2.28. The van der Waals surface area contributed by atoms with Crippen LogP contribution in [-0.4, -0.2) is 71.9 Å². The normalized spacial score (nSPS) is 20.6. The van der Waals surface area contributed by atoms with Crippen LogP contribution in [0.25, 0.3) is 0 Å². The molecule has 1 aromatic heterocycles. The molecule has 0 spiro atoms. The van der Waals surface area contributed by atoms with E-state index in [1.807, 2.05) is 0 Å². The van der Waals surface area contributed by atoms with Gasteiger partial charge in [-0.05, 0) is 51.7 Å². The Bertz CT molecular complexity index is 663. The van der Waals surface area contributed by atoms with E-state index in [4.69, 9.17) is 0 Å². The minimum atomic E-state index is -3.07. The summed E-state index contributed by atoms with van der Waals surface area (Å²) in [5.41, 5.74) is 0. The Hall–Kier alpha value is -0.990. The molecule has 2 aliphatic heterocycles. The van der Waals surface area contributed by atoms with E-state index in [1.165, 1.54) is 35.2 Å². The molecule has 7 nitrogen and oxygen atoms in total. The van der Waals surface area contributed by atoms with E-state index in [2.05, 4.69) is 19.7 Å². The molecule has 0 amide bonds. The number of rotatable bonds is 6. The van der Waals surface area contributed by atoms with Crippen LogP contribution in [0, 0.1) is 0 Å². The van der Waals surface area contributed by atoms with Crippen molar-refractivity contribution in [3.05, 3.63) is 11.6 Å². The van der Waals surface area contributed by atoms with Gasteiger partial charge in [0.1, 0.15) is 11.6 Å². The maximum atomic E-state index is 11.8. The first kappa shape index (κ1) is 18.8. The van der Waals surface area contributed by atoms with E-state index >= 15 is 0 Å². The molecule has 2 aliphatic rings. The van der Waals surface area contributed by atoms with Gasteiger partial charge in [0.25, 0.3) is 0 Å². The Morgan fingerprint density at radius 1 is 1.08 bits per heavy atom. The molecule has 8 heteroatoms. The molecule has 3 heterocycles. The summed E-state index contributed by atoms with van der Waals surface area (Å²) in [6.07, 6.45) is 7.70. The zero-order chi connectivity index (χ0) is 17.9. The number of sulfonamides is 1. The minimum Gasteiger partial charge on any atom is -0.315 e. The predicted molar refractivity (Wildman–Crippen MR) is 98.1 cm³/mol. The summed E-state index contributed by atoms with van der Waals surface area (Å²) in [4.78, 5) is 2.39. The first-order chi connectivity index (χ1) is 12.0. The quantitative estimate of drug-likeness (QED) is 0.759. The maximum Gasteiger partial charge on any atom is 0.213 e. The van der Waals surface area contributed by atoms with Gasteiger partial charge in [0.2, 0.25) is 10.0 Å². The summed E-state index contributed by atoms with van der Waals surface area (Å²) in [5.74, 6) is 3.09. The summed E-state index contributed by atoms with van der Waals surface area (Å²) in [5, 5.41) is 8.94. The largest absolute Gasteiger partial charge is 0.315 e. The molecule has 1 aromatic rings. The van der Waals surface area contributed by atoms with Gasteiger partial charge in [-0.3, -0.25) is 0 Å². The summed E-state index contributed by atoms with van der Waals surface area (Å²) in [7, 11) is 0.125. The number of aromatic nitrogens is 3. The Morgan fingerprint density at radius 2 is 1.84 bits per heavy atom. The molecule has 25 heavy (non-hydrogen) atoms. The monoisotopic (exact) mass is 369 g/mol. The zero-order valence-electron chi connectivity index (χ0n) is 15.5. The third kappa shape index (κ3) is 4.60. The lowest BCUT2D eigenvalue weighted by atomic mass is 9.95. The van der Waals surface area contributed by atoms with Crippen molar-refractivity contribution in [2.24, 2.45) is 0 Å². The summed E-state index contributed by atoms with van der Waals surface area (Å²) < 4.78 is 27.4. The topological polar surface area (TPSA) is 71.3 Å². The van der Waals surface area contributed by atoms with Crippen LogP contribution in [0.5, 0.6) is 0 Å². The van der Waals surface area contributed by atoms with Crippen LogP contribution in [0.4, 0.5) is 0 Å². The molecule has 0 N–H and O–H groups in total. The first-order valence-corrected chi connectivity index (χ1v) is 11.1. The molecule has 142 valence electrons. The second-order valence-electron chi connectivity index (χ2n) is 7.50. The molecule has 0 atom stereocenters. The van der Waals surface area contributed by atoms with Gasteiger partial charge in [-0.1, -0.05) is 6.42 Å². The van der Waals surface area contributed by atoms with Crippen LogP contribution < -0.4 is 0 Å². The Kier molecular flexibility index (Phi) is 6.12. The minimum absolute atomic E-state index is 0.234. The van der Waals surface area contributed by atoms with E-state index in [9.17, 15) is 8.42 Å². The van der Waals surface area contributed by atoms with Gasteiger partial charge in [-0.15, -0.1) is 10.2 Å². The van der Waals surface area contributed by atoms with Crippen molar-refractivity contribution in [3.63, 3.8) is 0 Å². The van der Waals surface area contributed by atoms with Gasteiger partial charge in [-0.25, -0.2) is 12.7 Å². The first-order valence-electron chi connectivity index (χ1n) is 9.52. The highest BCUT2D eigenvalue weighted by atomic mass is 32.2. The van der Waals surface area contributed by atoms with E-state index in [-0.39, 0.29) is 5.75 Å². The standard InChI is InChI=1S/C17H31N5O2S/c1-20(2)25(23,24)14-6-10-21-12-8-15(9-13-21)17-19-18-16-7-4-3-5-11-22(16)17/h15H,3-14H2,1-2H3. The van der Waals surface area contributed by atoms with E-state index in [0.29, 0.717) is 12.3 Å². The molecule has 0 saturated carbocycles. The van der Waals surface area contributed by atoms with Gasteiger partial charge in [0.05, 0.1) is 5.75 Å². The molecule has 1 fully saturated rings. The fraction of sp³-hybridized carbons (Fsp3) is 0.882. The third-order valence-electron chi connectivity index (χ3n) is 5.52. The Labute approximate surface area is 151 Å². The van der Waals surface area contributed by atoms with Crippen molar-refractivity contribution < 1.29 is 8.42 Å². The van der Waals surface area contributed by atoms with Crippen LogP contribution in [0.2, 0.25) is 0 Å². The van der Waals surface area contributed by atoms with Crippen LogP contribution in [0.3, 0.4) is 0 Å². The fourth-order valence-corrected chi connectivity index (χ4v) is 4.74. The molecule has 0 unspecified atom stereocenters. The maximum absolute atomic E-state index is 11.8. The number of fused-ring (bicyclic) bond motifs is 1. The van der Waals surface area contributed by atoms with Gasteiger partial charge >= 0.3 is 0 Å². The second-order valence-corrected chi connectivity index (χ2v) is 9.81. The summed E-state index contributed by atoms with van der Waals surface area (Å²) >= 11 is 0. The molecule has 0 bridgehead atoms. The number of hydrogen-bond donors (Lipinski definition) is 0. The molecule has 3 rings (SSSR count). The van der Waals surface area contributed by atoms with Gasteiger partial charge in [0.15, 0.2) is 0 Å². The van der Waals surface area contributed by atoms with Crippen LogP contribution >= 0.6 is 0 Å². The highest BCUT2D eigenvalue weighted by molar-refractivity contribution is 7.89. The van der Waals surface area contributed by atoms with Gasteiger partial charge in [-0.2, -0.15) is 0 Å². The molecule has 0 aromatic carbocycles. The van der Waals surface area contributed by atoms with E-state index in [1.54, 1.807) is 14.1 Å². The third-order valence-corrected chi connectivity index (χ3v) is 7.44.